The number of carbonyl (C=O) groups excluding carboxylic acids is 1. The molecule has 4 heteroatoms. The van der Waals surface area contributed by atoms with E-state index in [1.54, 1.807) is 0 Å². The van der Waals surface area contributed by atoms with E-state index < -0.39 is 14.2 Å². The van der Waals surface area contributed by atoms with E-state index in [1.165, 1.54) is 7.11 Å². The third-order valence-electron chi connectivity index (χ3n) is 5.27. The van der Waals surface area contributed by atoms with Crippen molar-refractivity contribution >= 4 is 14.3 Å². The molecule has 140 valence electrons. The summed E-state index contributed by atoms with van der Waals surface area (Å²) < 4.78 is 11.9. The van der Waals surface area contributed by atoms with E-state index in [4.69, 9.17) is 9.16 Å². The molecule has 0 aliphatic rings. The van der Waals surface area contributed by atoms with Gasteiger partial charge in [0.2, 0.25) is 0 Å². The van der Waals surface area contributed by atoms with Gasteiger partial charge in [0.15, 0.2) is 8.32 Å². The number of hydrogen-bond donors (Lipinski definition) is 0. The summed E-state index contributed by atoms with van der Waals surface area (Å²) in [6, 6.07) is 19.8. The molecular formula is C22H30O3Si. The van der Waals surface area contributed by atoms with Crippen molar-refractivity contribution in [2.75, 3.05) is 7.11 Å². The van der Waals surface area contributed by atoms with Crippen molar-refractivity contribution in [1.82, 2.24) is 0 Å². The molecule has 2 rings (SSSR count). The summed E-state index contributed by atoms with van der Waals surface area (Å²) in [6.45, 7) is 11.0. The Balaban J connectivity index is 2.55. The Hall–Kier alpha value is -1.91. The van der Waals surface area contributed by atoms with Gasteiger partial charge in [0.1, 0.15) is 5.92 Å². The molecule has 2 aromatic rings. The van der Waals surface area contributed by atoms with Crippen LogP contribution in [0.3, 0.4) is 0 Å². The highest BCUT2D eigenvalue weighted by Crippen LogP contribution is 2.44. The molecule has 0 N–H and O–H groups in total. The Bertz CT molecular complexity index is 705. The standard InChI is InChI=1S/C22H30O3Si/c1-22(2,3)26(5,6)25-20(18-15-11-8-12-16-18)19(21(23)24-4)17-13-9-7-10-14-17/h7-16,19-20H,1-6H3/t19-,20+/m1/s1. The molecule has 0 spiro atoms. The maximum atomic E-state index is 12.8. The van der Waals surface area contributed by atoms with E-state index in [9.17, 15) is 4.79 Å². The first-order valence-corrected chi connectivity index (χ1v) is 11.9. The number of benzene rings is 2. The average molecular weight is 371 g/mol. The fraction of sp³-hybridized carbons (Fsp3) is 0.409. The van der Waals surface area contributed by atoms with E-state index in [-0.39, 0.29) is 17.1 Å². The molecular weight excluding hydrogens is 340 g/mol. The minimum atomic E-state index is -2.11. The Kier molecular flexibility index (Phi) is 6.42. The number of ether oxygens (including phenoxy) is 1. The van der Waals surface area contributed by atoms with Gasteiger partial charge in [0.25, 0.3) is 0 Å². The van der Waals surface area contributed by atoms with Crippen LogP contribution in [0.4, 0.5) is 0 Å². The zero-order valence-corrected chi connectivity index (χ0v) is 17.7. The summed E-state index contributed by atoms with van der Waals surface area (Å²) in [5, 5.41) is 0.0391. The highest BCUT2D eigenvalue weighted by Gasteiger charge is 2.43. The van der Waals surface area contributed by atoms with Crippen LogP contribution in [0.25, 0.3) is 0 Å². The van der Waals surface area contributed by atoms with Crippen molar-refractivity contribution < 1.29 is 14.0 Å². The second-order valence-corrected chi connectivity index (χ2v) is 12.9. The monoisotopic (exact) mass is 370 g/mol. The molecule has 0 heterocycles. The molecule has 3 nitrogen and oxygen atoms in total. The van der Waals surface area contributed by atoms with Crippen LogP contribution in [0, 0.1) is 0 Å². The molecule has 26 heavy (non-hydrogen) atoms. The lowest BCUT2D eigenvalue weighted by Gasteiger charge is -2.41. The summed E-state index contributed by atoms with van der Waals surface area (Å²) >= 11 is 0. The zero-order valence-electron chi connectivity index (χ0n) is 16.7. The summed E-state index contributed by atoms with van der Waals surface area (Å²) in [6.07, 6.45) is -0.382. The SMILES string of the molecule is COC(=O)[C@H](c1ccccc1)[C@@H](O[Si](C)(C)C(C)(C)C)c1ccccc1. The predicted octanol–water partition coefficient (Wildman–Crippen LogP) is 5.71. The van der Waals surface area contributed by atoms with Crippen LogP contribution in [-0.2, 0) is 14.0 Å². The summed E-state index contributed by atoms with van der Waals surface area (Å²) in [7, 11) is -0.676. The topological polar surface area (TPSA) is 35.5 Å². The summed E-state index contributed by atoms with van der Waals surface area (Å²) in [5.74, 6) is -0.776. The van der Waals surface area contributed by atoms with Gasteiger partial charge < -0.3 is 9.16 Å². The molecule has 0 aromatic heterocycles. The third kappa shape index (κ3) is 4.62. The summed E-state index contributed by atoms with van der Waals surface area (Å²) in [5.41, 5.74) is 1.91. The molecule has 0 unspecified atom stereocenters. The van der Waals surface area contributed by atoms with Crippen LogP contribution in [0.15, 0.2) is 60.7 Å². The molecule has 2 aromatic carbocycles. The molecule has 0 aliphatic heterocycles. The van der Waals surface area contributed by atoms with Gasteiger partial charge in [-0.25, -0.2) is 0 Å². The Labute approximate surface area is 158 Å². The van der Waals surface area contributed by atoms with Crippen molar-refractivity contribution in [3.63, 3.8) is 0 Å². The van der Waals surface area contributed by atoms with Gasteiger partial charge in [-0.15, -0.1) is 0 Å². The molecule has 0 aliphatic carbocycles. The highest BCUT2D eigenvalue weighted by molar-refractivity contribution is 6.74. The smallest absolute Gasteiger partial charge is 0.316 e. The quantitative estimate of drug-likeness (QED) is 0.483. The number of carbonyl (C=O) groups is 1. The van der Waals surface area contributed by atoms with Gasteiger partial charge in [-0.05, 0) is 29.3 Å². The second-order valence-electron chi connectivity index (χ2n) is 8.12. The second kappa shape index (κ2) is 8.19. The average Bonchev–Trinajstić information content (AvgIpc) is 2.61. The number of esters is 1. The van der Waals surface area contributed by atoms with E-state index >= 15 is 0 Å². The van der Waals surface area contributed by atoms with Gasteiger partial charge in [-0.3, -0.25) is 4.79 Å². The predicted molar refractivity (Wildman–Crippen MR) is 109 cm³/mol. The summed E-state index contributed by atoms with van der Waals surface area (Å²) in [4.78, 5) is 12.8. The van der Waals surface area contributed by atoms with Crippen molar-refractivity contribution in [3.8, 4) is 0 Å². The molecule has 2 atom stereocenters. The maximum absolute atomic E-state index is 12.8. The van der Waals surface area contributed by atoms with Crippen LogP contribution >= 0.6 is 0 Å². The van der Waals surface area contributed by atoms with Crippen molar-refractivity contribution in [2.45, 2.75) is 50.9 Å². The van der Waals surface area contributed by atoms with E-state index in [0.29, 0.717) is 0 Å². The maximum Gasteiger partial charge on any atom is 0.316 e. The lowest BCUT2D eigenvalue weighted by molar-refractivity contribution is -0.145. The first kappa shape index (κ1) is 20.4. The van der Waals surface area contributed by atoms with Crippen LogP contribution in [0.5, 0.6) is 0 Å². The van der Waals surface area contributed by atoms with Crippen LogP contribution in [0.2, 0.25) is 18.1 Å². The Morgan fingerprint density at radius 1 is 0.885 bits per heavy atom. The third-order valence-corrected chi connectivity index (χ3v) is 9.73. The van der Waals surface area contributed by atoms with Crippen molar-refractivity contribution in [3.05, 3.63) is 71.8 Å². The van der Waals surface area contributed by atoms with E-state index in [0.717, 1.165) is 11.1 Å². The normalized spacial score (nSPS) is 14.5. The molecule has 0 saturated heterocycles. The van der Waals surface area contributed by atoms with Gasteiger partial charge in [-0.1, -0.05) is 81.4 Å². The number of hydrogen-bond acceptors (Lipinski definition) is 3. The van der Waals surface area contributed by atoms with Gasteiger partial charge >= 0.3 is 5.97 Å². The van der Waals surface area contributed by atoms with Crippen molar-refractivity contribution in [2.24, 2.45) is 0 Å². The number of methoxy groups -OCH3 is 1. The molecule has 0 bridgehead atoms. The molecule has 0 amide bonds. The van der Waals surface area contributed by atoms with Crippen LogP contribution < -0.4 is 0 Å². The lowest BCUT2D eigenvalue weighted by atomic mass is 9.89. The molecule has 0 fully saturated rings. The first-order chi connectivity index (χ1) is 12.2. The zero-order chi connectivity index (χ0) is 19.4. The van der Waals surface area contributed by atoms with Crippen LogP contribution in [-0.4, -0.2) is 21.4 Å². The minimum Gasteiger partial charge on any atom is -0.468 e. The van der Waals surface area contributed by atoms with Gasteiger partial charge in [-0.2, -0.15) is 0 Å². The number of rotatable bonds is 6. The first-order valence-electron chi connectivity index (χ1n) is 9.03. The van der Waals surface area contributed by atoms with Crippen molar-refractivity contribution in [1.29, 1.82) is 0 Å². The van der Waals surface area contributed by atoms with E-state index in [2.05, 4.69) is 33.9 Å². The minimum absolute atomic E-state index is 0.0391. The highest BCUT2D eigenvalue weighted by atomic mass is 28.4. The van der Waals surface area contributed by atoms with Gasteiger partial charge in [0, 0.05) is 0 Å². The lowest BCUT2D eigenvalue weighted by Crippen LogP contribution is -2.43. The molecule has 0 saturated carbocycles. The Morgan fingerprint density at radius 2 is 1.35 bits per heavy atom. The fourth-order valence-corrected chi connectivity index (χ4v) is 3.95. The van der Waals surface area contributed by atoms with E-state index in [1.807, 2.05) is 60.7 Å². The fourth-order valence-electron chi connectivity index (χ4n) is 2.69. The Morgan fingerprint density at radius 3 is 1.77 bits per heavy atom. The van der Waals surface area contributed by atoms with Crippen LogP contribution in [0.1, 0.15) is 43.9 Å². The molecule has 0 radical (unpaired) electrons. The van der Waals surface area contributed by atoms with Gasteiger partial charge in [0.05, 0.1) is 13.2 Å². The largest absolute Gasteiger partial charge is 0.468 e.